The van der Waals surface area contributed by atoms with E-state index in [4.69, 9.17) is 22.1 Å². The van der Waals surface area contributed by atoms with E-state index >= 15 is 0 Å². The molecule has 3 N–H and O–H groups in total. The molecule has 3 aromatic rings. The van der Waals surface area contributed by atoms with E-state index in [1.807, 2.05) is 24.3 Å². The van der Waals surface area contributed by atoms with Gasteiger partial charge in [0.2, 0.25) is 5.28 Å². The Bertz CT molecular complexity index is 917. The summed E-state index contributed by atoms with van der Waals surface area (Å²) in [6.45, 7) is 1.35. The number of hydrogen-bond donors (Lipinski definition) is 2. The highest BCUT2D eigenvalue weighted by Crippen LogP contribution is 2.36. The maximum absolute atomic E-state index is 6.27. The van der Waals surface area contributed by atoms with Crippen molar-refractivity contribution in [2.75, 3.05) is 11.9 Å². The second-order valence-corrected chi connectivity index (χ2v) is 7.44. The number of rotatable bonds is 4. The predicted octanol–water partition coefficient (Wildman–Crippen LogP) is 3.94. The summed E-state index contributed by atoms with van der Waals surface area (Å²) in [5.74, 6) is 0.671. The van der Waals surface area contributed by atoms with Gasteiger partial charge in [0.15, 0.2) is 5.82 Å². The van der Waals surface area contributed by atoms with Crippen LogP contribution in [0.2, 0.25) is 5.28 Å². The zero-order valence-electron chi connectivity index (χ0n) is 14.0. The Morgan fingerprint density at radius 1 is 1.35 bits per heavy atom. The molecule has 0 amide bonds. The van der Waals surface area contributed by atoms with Crippen molar-refractivity contribution in [1.29, 1.82) is 0 Å². The van der Waals surface area contributed by atoms with E-state index in [0.29, 0.717) is 19.0 Å². The Kier molecular flexibility index (Phi) is 5.13. The van der Waals surface area contributed by atoms with Crippen molar-refractivity contribution >= 4 is 38.9 Å². The van der Waals surface area contributed by atoms with Crippen molar-refractivity contribution in [2.45, 2.75) is 31.5 Å². The molecule has 136 valence electrons. The van der Waals surface area contributed by atoms with Gasteiger partial charge in [0, 0.05) is 24.8 Å². The lowest BCUT2D eigenvalue weighted by molar-refractivity contribution is -0.000262. The summed E-state index contributed by atoms with van der Waals surface area (Å²) in [6, 6.07) is 12.1. The predicted molar refractivity (Wildman–Crippen MR) is 105 cm³/mol. The second kappa shape index (κ2) is 7.52. The van der Waals surface area contributed by atoms with Gasteiger partial charge in [-0.3, -0.25) is 0 Å². The number of aromatic nitrogens is 3. The van der Waals surface area contributed by atoms with E-state index in [9.17, 15) is 0 Å². The lowest BCUT2D eigenvalue weighted by atomic mass is 9.99. The zero-order chi connectivity index (χ0) is 18.1. The third-order valence-electron chi connectivity index (χ3n) is 4.55. The Hall–Kier alpha value is -1.67. The Morgan fingerprint density at radius 3 is 2.92 bits per heavy atom. The molecule has 0 spiro atoms. The summed E-state index contributed by atoms with van der Waals surface area (Å²) in [6.07, 6.45) is 1.76. The topological polar surface area (TPSA) is 77.5 Å². The SMILES string of the molecule is N[C@H]1CCCO[C@@H]1c1cc2c(NCc3ccccc3)nc(Cl)nn2c1Br. The van der Waals surface area contributed by atoms with E-state index in [1.54, 1.807) is 4.52 Å². The summed E-state index contributed by atoms with van der Waals surface area (Å²) in [5.41, 5.74) is 9.22. The van der Waals surface area contributed by atoms with Gasteiger partial charge < -0.3 is 15.8 Å². The summed E-state index contributed by atoms with van der Waals surface area (Å²) >= 11 is 9.77. The number of ether oxygens (including phenoxy) is 1. The highest BCUT2D eigenvalue weighted by atomic mass is 79.9. The van der Waals surface area contributed by atoms with Gasteiger partial charge in [-0.25, -0.2) is 4.52 Å². The standard InChI is InChI=1S/C18H19BrClN5O/c19-16-12(15-13(21)7-4-8-26-15)9-14-17(23-18(20)24-25(14)16)22-10-11-5-2-1-3-6-11/h1-3,5-6,9,13,15H,4,7-8,10,21H2,(H,22,23,24)/t13-,15+/m0/s1. The van der Waals surface area contributed by atoms with Crippen LogP contribution in [0.1, 0.15) is 30.1 Å². The number of fused-ring (bicyclic) bond motifs is 1. The van der Waals surface area contributed by atoms with Gasteiger partial charge in [-0.1, -0.05) is 30.3 Å². The molecule has 0 bridgehead atoms. The van der Waals surface area contributed by atoms with Crippen LogP contribution < -0.4 is 11.1 Å². The molecule has 1 aliphatic heterocycles. The molecule has 8 heteroatoms. The highest BCUT2D eigenvalue weighted by Gasteiger charge is 2.29. The average Bonchev–Trinajstić information content (AvgIpc) is 2.98. The fraction of sp³-hybridized carbons (Fsp3) is 0.333. The van der Waals surface area contributed by atoms with Crippen molar-refractivity contribution < 1.29 is 4.74 Å². The number of nitrogens with zero attached hydrogens (tertiary/aromatic N) is 3. The lowest BCUT2D eigenvalue weighted by Gasteiger charge is -2.28. The number of anilines is 1. The maximum atomic E-state index is 6.27. The third-order valence-corrected chi connectivity index (χ3v) is 5.51. The molecule has 1 aromatic carbocycles. The van der Waals surface area contributed by atoms with Crippen molar-refractivity contribution in [3.05, 3.63) is 57.4 Å². The summed E-state index contributed by atoms with van der Waals surface area (Å²) in [7, 11) is 0. The van der Waals surface area contributed by atoms with Gasteiger partial charge in [-0.05, 0) is 52.0 Å². The first-order valence-electron chi connectivity index (χ1n) is 8.53. The molecule has 6 nitrogen and oxygen atoms in total. The van der Waals surface area contributed by atoms with E-state index < -0.39 is 0 Å². The van der Waals surface area contributed by atoms with Crippen LogP contribution in [0.3, 0.4) is 0 Å². The van der Waals surface area contributed by atoms with E-state index in [2.05, 4.69) is 43.5 Å². The van der Waals surface area contributed by atoms with Gasteiger partial charge in [0.1, 0.15) is 16.2 Å². The van der Waals surface area contributed by atoms with Crippen LogP contribution in [0.15, 0.2) is 41.0 Å². The molecule has 2 atom stereocenters. The lowest BCUT2D eigenvalue weighted by Crippen LogP contribution is -2.34. The third kappa shape index (κ3) is 3.44. The number of hydrogen-bond acceptors (Lipinski definition) is 5. The van der Waals surface area contributed by atoms with E-state index in [-0.39, 0.29) is 17.4 Å². The van der Waals surface area contributed by atoms with Gasteiger partial charge >= 0.3 is 0 Å². The molecule has 1 saturated heterocycles. The molecule has 4 rings (SSSR count). The summed E-state index contributed by atoms with van der Waals surface area (Å²) < 4.78 is 8.45. The summed E-state index contributed by atoms with van der Waals surface area (Å²) in [5, 5.41) is 7.84. The molecular weight excluding hydrogens is 418 g/mol. The minimum absolute atomic E-state index is 0.0402. The molecule has 0 unspecified atom stereocenters. The number of halogens is 2. The molecule has 3 heterocycles. The van der Waals surface area contributed by atoms with Gasteiger partial charge in [0.05, 0.1) is 0 Å². The van der Waals surface area contributed by atoms with Crippen LogP contribution in [0.4, 0.5) is 5.82 Å². The largest absolute Gasteiger partial charge is 0.372 e. The number of benzene rings is 1. The quantitative estimate of drug-likeness (QED) is 0.648. The smallest absolute Gasteiger partial charge is 0.243 e. The maximum Gasteiger partial charge on any atom is 0.243 e. The van der Waals surface area contributed by atoms with Crippen molar-refractivity contribution in [3.63, 3.8) is 0 Å². The molecule has 2 aromatic heterocycles. The molecule has 26 heavy (non-hydrogen) atoms. The van der Waals surface area contributed by atoms with Crippen LogP contribution >= 0.6 is 27.5 Å². The molecular formula is C18H19BrClN5O. The Labute approximate surface area is 164 Å². The molecule has 1 aliphatic rings. The van der Waals surface area contributed by atoms with Crippen molar-refractivity contribution in [2.24, 2.45) is 5.73 Å². The first-order valence-corrected chi connectivity index (χ1v) is 9.70. The van der Waals surface area contributed by atoms with E-state index in [0.717, 1.165) is 34.1 Å². The fourth-order valence-electron chi connectivity index (χ4n) is 3.25. The van der Waals surface area contributed by atoms with Crippen LogP contribution in [0.25, 0.3) is 5.52 Å². The number of nitrogens with one attached hydrogen (secondary N) is 1. The fourth-order valence-corrected chi connectivity index (χ4v) is 4.02. The summed E-state index contributed by atoms with van der Waals surface area (Å²) in [4.78, 5) is 4.36. The Morgan fingerprint density at radius 2 is 2.15 bits per heavy atom. The molecule has 0 radical (unpaired) electrons. The van der Waals surface area contributed by atoms with Gasteiger partial charge in [-0.2, -0.15) is 4.98 Å². The minimum Gasteiger partial charge on any atom is -0.372 e. The Balaban J connectivity index is 1.70. The van der Waals surface area contributed by atoms with Gasteiger partial charge in [0.25, 0.3) is 0 Å². The van der Waals surface area contributed by atoms with Gasteiger partial charge in [-0.15, -0.1) is 5.10 Å². The van der Waals surface area contributed by atoms with Crippen LogP contribution in [0, 0.1) is 0 Å². The zero-order valence-corrected chi connectivity index (χ0v) is 16.4. The van der Waals surface area contributed by atoms with E-state index in [1.165, 1.54) is 0 Å². The first kappa shape index (κ1) is 17.7. The molecule has 0 saturated carbocycles. The second-order valence-electron chi connectivity index (χ2n) is 6.35. The van der Waals surface area contributed by atoms with Crippen LogP contribution in [0.5, 0.6) is 0 Å². The van der Waals surface area contributed by atoms with Crippen LogP contribution in [-0.4, -0.2) is 27.2 Å². The van der Waals surface area contributed by atoms with Crippen molar-refractivity contribution in [1.82, 2.24) is 14.6 Å². The molecule has 0 aliphatic carbocycles. The molecule has 1 fully saturated rings. The van der Waals surface area contributed by atoms with Crippen molar-refractivity contribution in [3.8, 4) is 0 Å². The monoisotopic (exact) mass is 435 g/mol. The first-order chi connectivity index (χ1) is 12.6. The normalized spacial score (nSPS) is 20.4. The number of nitrogens with two attached hydrogens (primary N) is 1. The average molecular weight is 437 g/mol. The highest BCUT2D eigenvalue weighted by molar-refractivity contribution is 9.10. The van der Waals surface area contributed by atoms with Crippen LogP contribution in [-0.2, 0) is 11.3 Å². The minimum atomic E-state index is -0.166.